The summed E-state index contributed by atoms with van der Waals surface area (Å²) in [5, 5.41) is 12.3. The maximum Gasteiger partial charge on any atom is 0.236 e. The van der Waals surface area contributed by atoms with Gasteiger partial charge in [-0.1, -0.05) is 6.42 Å². The van der Waals surface area contributed by atoms with E-state index >= 15 is 0 Å². The molecule has 0 radical (unpaired) electrons. The van der Waals surface area contributed by atoms with E-state index in [9.17, 15) is 4.79 Å². The van der Waals surface area contributed by atoms with Gasteiger partial charge in [-0.2, -0.15) is 0 Å². The molecule has 4 nitrogen and oxygen atoms in total. The molecule has 0 aromatic rings. The maximum atomic E-state index is 11.3. The zero-order valence-electron chi connectivity index (χ0n) is 9.70. The van der Waals surface area contributed by atoms with Gasteiger partial charge in [-0.3, -0.25) is 4.79 Å². The number of nitrogens with one attached hydrogen (secondary N) is 1. The molecule has 1 saturated carbocycles. The first kappa shape index (κ1) is 12.5. The highest BCUT2D eigenvalue weighted by Gasteiger charge is 2.26. The Bertz CT molecular complexity index is 207. The summed E-state index contributed by atoms with van der Waals surface area (Å²) in [4.78, 5) is 12.9. The van der Waals surface area contributed by atoms with Gasteiger partial charge in [-0.15, -0.1) is 0 Å². The summed E-state index contributed by atoms with van der Waals surface area (Å²) in [5.41, 5.74) is 0. The fourth-order valence-electron chi connectivity index (χ4n) is 2.15. The third-order valence-corrected chi connectivity index (χ3v) is 3.23. The van der Waals surface area contributed by atoms with Crippen molar-refractivity contribution in [2.75, 3.05) is 33.8 Å². The molecule has 0 aromatic carbocycles. The summed E-state index contributed by atoms with van der Waals surface area (Å²) in [6.45, 7) is 1.54. The number of carbonyl (C=O) groups is 1. The van der Waals surface area contributed by atoms with Crippen molar-refractivity contribution in [3.8, 4) is 0 Å². The normalized spacial score (nSPS) is 25.5. The number of hydrogen-bond donors (Lipinski definition) is 2. The molecule has 15 heavy (non-hydrogen) atoms. The molecular weight excluding hydrogens is 192 g/mol. The van der Waals surface area contributed by atoms with E-state index in [0.717, 1.165) is 13.0 Å². The van der Waals surface area contributed by atoms with Gasteiger partial charge in [-0.25, -0.2) is 0 Å². The highest BCUT2D eigenvalue weighted by Crippen LogP contribution is 2.30. The van der Waals surface area contributed by atoms with Crippen LogP contribution in [-0.4, -0.2) is 49.7 Å². The number of aliphatic hydroxyl groups is 1. The summed E-state index contributed by atoms with van der Waals surface area (Å²) in [6, 6.07) is 0. The van der Waals surface area contributed by atoms with Crippen LogP contribution in [0.15, 0.2) is 0 Å². The number of carbonyl (C=O) groups excluding carboxylic acids is 1. The van der Waals surface area contributed by atoms with Crippen LogP contribution in [0.3, 0.4) is 0 Å². The molecule has 1 amide bonds. The van der Waals surface area contributed by atoms with Crippen LogP contribution in [0.2, 0.25) is 0 Å². The van der Waals surface area contributed by atoms with Crippen LogP contribution in [-0.2, 0) is 4.79 Å². The second-order valence-corrected chi connectivity index (χ2v) is 4.55. The number of aliphatic hydroxyl groups excluding tert-OH is 1. The SMILES string of the molecule is CN(C)C(=O)CNCC1CCCC1CO. The van der Waals surface area contributed by atoms with Crippen molar-refractivity contribution in [1.29, 1.82) is 0 Å². The molecule has 0 saturated heterocycles. The molecule has 0 spiro atoms. The van der Waals surface area contributed by atoms with Gasteiger partial charge in [0.05, 0.1) is 6.54 Å². The molecule has 1 fully saturated rings. The molecule has 2 atom stereocenters. The van der Waals surface area contributed by atoms with Crippen molar-refractivity contribution in [1.82, 2.24) is 10.2 Å². The van der Waals surface area contributed by atoms with E-state index in [0.29, 0.717) is 18.4 Å². The monoisotopic (exact) mass is 214 g/mol. The Morgan fingerprint density at radius 3 is 2.67 bits per heavy atom. The average Bonchev–Trinajstić information content (AvgIpc) is 2.65. The fourth-order valence-corrected chi connectivity index (χ4v) is 2.15. The van der Waals surface area contributed by atoms with E-state index in [1.165, 1.54) is 12.8 Å². The van der Waals surface area contributed by atoms with Gasteiger partial charge in [0, 0.05) is 20.7 Å². The van der Waals surface area contributed by atoms with Gasteiger partial charge in [-0.05, 0) is 31.2 Å². The van der Waals surface area contributed by atoms with Gasteiger partial charge in [0.1, 0.15) is 0 Å². The molecule has 1 rings (SSSR count). The average molecular weight is 214 g/mol. The lowest BCUT2D eigenvalue weighted by molar-refractivity contribution is -0.127. The largest absolute Gasteiger partial charge is 0.396 e. The molecular formula is C11H22N2O2. The quantitative estimate of drug-likeness (QED) is 0.681. The number of nitrogens with zero attached hydrogens (tertiary/aromatic N) is 1. The lowest BCUT2D eigenvalue weighted by Gasteiger charge is -2.18. The Hall–Kier alpha value is -0.610. The molecule has 1 aliphatic rings. The Morgan fingerprint density at radius 1 is 1.40 bits per heavy atom. The molecule has 88 valence electrons. The van der Waals surface area contributed by atoms with Crippen LogP contribution in [0.4, 0.5) is 0 Å². The number of hydrogen-bond acceptors (Lipinski definition) is 3. The van der Waals surface area contributed by atoms with E-state index in [4.69, 9.17) is 5.11 Å². The Balaban J connectivity index is 2.17. The predicted octanol–water partition coefficient (Wildman–Crippen LogP) is 0.0728. The van der Waals surface area contributed by atoms with Crippen molar-refractivity contribution >= 4 is 5.91 Å². The summed E-state index contributed by atoms with van der Waals surface area (Å²) in [5.74, 6) is 1.09. The predicted molar refractivity (Wildman–Crippen MR) is 59.5 cm³/mol. The fraction of sp³-hybridized carbons (Fsp3) is 0.909. The lowest BCUT2D eigenvalue weighted by Crippen LogP contribution is -2.36. The van der Waals surface area contributed by atoms with Gasteiger partial charge < -0.3 is 15.3 Å². The Morgan fingerprint density at radius 2 is 2.07 bits per heavy atom. The van der Waals surface area contributed by atoms with Crippen molar-refractivity contribution in [3.05, 3.63) is 0 Å². The number of amides is 1. The van der Waals surface area contributed by atoms with Crippen LogP contribution in [0.5, 0.6) is 0 Å². The summed E-state index contributed by atoms with van der Waals surface area (Å²) >= 11 is 0. The number of rotatable bonds is 5. The Kier molecular flexibility index (Phi) is 5.05. The van der Waals surface area contributed by atoms with Crippen molar-refractivity contribution in [2.24, 2.45) is 11.8 Å². The van der Waals surface area contributed by atoms with E-state index < -0.39 is 0 Å². The third-order valence-electron chi connectivity index (χ3n) is 3.23. The van der Waals surface area contributed by atoms with Gasteiger partial charge >= 0.3 is 0 Å². The van der Waals surface area contributed by atoms with E-state index in [2.05, 4.69) is 5.32 Å². The maximum absolute atomic E-state index is 11.3. The summed E-state index contributed by atoms with van der Waals surface area (Å²) in [7, 11) is 3.52. The minimum absolute atomic E-state index is 0.105. The Labute approximate surface area is 91.6 Å². The standard InChI is InChI=1S/C11H22N2O2/c1-13(2)11(15)7-12-6-9-4-3-5-10(9)8-14/h9-10,12,14H,3-8H2,1-2H3. The molecule has 2 N–H and O–H groups in total. The topological polar surface area (TPSA) is 52.6 Å². The van der Waals surface area contributed by atoms with Crippen LogP contribution >= 0.6 is 0 Å². The van der Waals surface area contributed by atoms with Gasteiger partial charge in [0.25, 0.3) is 0 Å². The molecule has 0 aromatic heterocycles. The third kappa shape index (κ3) is 3.80. The zero-order chi connectivity index (χ0) is 11.3. The molecule has 2 unspecified atom stereocenters. The highest BCUT2D eigenvalue weighted by molar-refractivity contribution is 5.77. The summed E-state index contributed by atoms with van der Waals surface area (Å²) < 4.78 is 0. The smallest absolute Gasteiger partial charge is 0.236 e. The van der Waals surface area contributed by atoms with E-state index in [1.54, 1.807) is 19.0 Å². The first-order chi connectivity index (χ1) is 7.15. The van der Waals surface area contributed by atoms with E-state index in [1.807, 2.05) is 0 Å². The minimum Gasteiger partial charge on any atom is -0.396 e. The van der Waals surface area contributed by atoms with Crippen molar-refractivity contribution < 1.29 is 9.90 Å². The zero-order valence-corrected chi connectivity index (χ0v) is 9.70. The van der Waals surface area contributed by atoms with Crippen LogP contribution in [0.25, 0.3) is 0 Å². The van der Waals surface area contributed by atoms with Crippen molar-refractivity contribution in [2.45, 2.75) is 19.3 Å². The lowest BCUT2D eigenvalue weighted by atomic mass is 9.97. The second kappa shape index (κ2) is 6.08. The molecule has 4 heteroatoms. The first-order valence-corrected chi connectivity index (χ1v) is 5.67. The van der Waals surface area contributed by atoms with Gasteiger partial charge in [0.15, 0.2) is 0 Å². The number of likely N-dealkylation sites (N-methyl/N-ethyl adjacent to an activating group) is 1. The first-order valence-electron chi connectivity index (χ1n) is 5.67. The van der Waals surface area contributed by atoms with Crippen LogP contribution in [0, 0.1) is 11.8 Å². The van der Waals surface area contributed by atoms with E-state index in [-0.39, 0.29) is 12.5 Å². The summed E-state index contributed by atoms with van der Waals surface area (Å²) in [6.07, 6.45) is 3.51. The minimum atomic E-state index is 0.105. The highest BCUT2D eigenvalue weighted by atomic mass is 16.3. The molecule has 0 aliphatic heterocycles. The van der Waals surface area contributed by atoms with Crippen molar-refractivity contribution in [3.63, 3.8) is 0 Å². The molecule has 0 bridgehead atoms. The van der Waals surface area contributed by atoms with Crippen LogP contribution < -0.4 is 5.32 Å². The molecule has 1 aliphatic carbocycles. The van der Waals surface area contributed by atoms with Crippen LogP contribution in [0.1, 0.15) is 19.3 Å². The van der Waals surface area contributed by atoms with Gasteiger partial charge in [0.2, 0.25) is 5.91 Å². The second-order valence-electron chi connectivity index (χ2n) is 4.55. The molecule has 0 heterocycles.